The maximum absolute atomic E-state index is 2.26. The van der Waals surface area contributed by atoms with Gasteiger partial charge in [-0.15, -0.1) is 0 Å². The van der Waals surface area contributed by atoms with Crippen LogP contribution >= 0.6 is 0 Å². The molecule has 0 aliphatic heterocycles. The second-order valence-electron chi connectivity index (χ2n) is 2.72. The van der Waals surface area contributed by atoms with Crippen molar-refractivity contribution in [1.29, 1.82) is 0 Å². The molecule has 0 spiro atoms. The molecule has 0 unspecified atom stereocenters. The Morgan fingerprint density at radius 1 is 1.22 bits per heavy atom. The summed E-state index contributed by atoms with van der Waals surface area (Å²) in [7, 11) is 0.210. The first kappa shape index (κ1) is 6.41. The van der Waals surface area contributed by atoms with Crippen LogP contribution in [-0.4, -0.2) is 7.28 Å². The average molecular weight is 119 g/mol. The van der Waals surface area contributed by atoms with Crippen LogP contribution in [-0.2, 0) is 0 Å². The van der Waals surface area contributed by atoms with Crippen molar-refractivity contribution in [3.63, 3.8) is 0 Å². The molecule has 0 aliphatic rings. The molecule has 0 aliphatic carbocycles. The zero-order valence-corrected chi connectivity index (χ0v) is 6.09. The smallest absolute Gasteiger partial charge is 0.00449 e. The molecule has 9 heavy (non-hydrogen) atoms. The molecule has 1 heteroatoms. The van der Waals surface area contributed by atoms with E-state index in [0.29, 0.717) is 0 Å². The van der Waals surface area contributed by atoms with E-state index in [1.807, 2.05) is 0 Å². The van der Waals surface area contributed by atoms with Gasteiger partial charge in [0.2, 0.25) is 0 Å². The van der Waals surface area contributed by atoms with Crippen LogP contribution in [0.25, 0.3) is 0 Å². The van der Waals surface area contributed by atoms with Gasteiger partial charge in [0.15, 0.2) is 0 Å². The first-order valence-electron chi connectivity index (χ1n) is 3.82. The minimum atomic E-state index is 0.210. The van der Waals surface area contributed by atoms with Crippen LogP contribution in [0.1, 0.15) is 6.92 Å². The van der Waals surface area contributed by atoms with E-state index in [1.54, 1.807) is 5.46 Å². The lowest BCUT2D eigenvalue weighted by molar-refractivity contribution is 1.46. The summed E-state index contributed by atoms with van der Waals surface area (Å²) >= 11 is 0. The summed E-state index contributed by atoms with van der Waals surface area (Å²) in [5, 5.41) is 0. The Balaban J connectivity index is 2.61. The third kappa shape index (κ3) is 1.92. The van der Waals surface area contributed by atoms with Crippen molar-refractivity contribution < 1.29 is 0 Å². The molecule has 0 saturated heterocycles. The van der Waals surface area contributed by atoms with Gasteiger partial charge in [0, 0.05) is 0 Å². The molecule has 0 heterocycles. The Morgan fingerprint density at radius 3 is 2.44 bits per heavy atom. The topological polar surface area (TPSA) is 0 Å². The first-order chi connectivity index (χ1) is 4.43. The van der Waals surface area contributed by atoms with Gasteiger partial charge >= 0.3 is 0 Å². The van der Waals surface area contributed by atoms with Crippen molar-refractivity contribution >= 4 is 12.7 Å². The third-order valence-corrected chi connectivity index (χ3v) is 1.70. The monoisotopic (exact) mass is 119 g/mol. The molecular weight excluding hydrogens is 107 g/mol. The van der Waals surface area contributed by atoms with Crippen LogP contribution in [0.15, 0.2) is 30.3 Å². The fourth-order valence-electron chi connectivity index (χ4n) is 1.18. The largest absolute Gasteiger partial charge is 0.217 e. The maximum atomic E-state index is 2.26. The maximum Gasteiger partial charge on any atom is -0.00449 e. The molecule has 0 radical (unpaired) electrons. The predicted octanol–water partition coefficient (Wildman–Crippen LogP) is 0.919. The molecule has 0 nitrogen and oxygen atoms in total. The summed E-state index contributed by atoms with van der Waals surface area (Å²) in [6, 6.07) is 10.8. The minimum absolute atomic E-state index is 0.210. The van der Waals surface area contributed by atoms with E-state index in [4.69, 9.17) is 0 Å². The summed E-state index contributed by atoms with van der Waals surface area (Å²) in [5.41, 5.74) is 1.57. The van der Waals surface area contributed by atoms with E-state index in [9.17, 15) is 0 Å². The van der Waals surface area contributed by atoms with Gasteiger partial charge in [0.05, 0.1) is 0 Å². The van der Waals surface area contributed by atoms with Crippen LogP contribution in [0.2, 0.25) is 6.32 Å². The SMILES string of the molecule is CC[BH2-]c1ccccc1. The zero-order valence-electron chi connectivity index (χ0n) is 6.09. The summed E-state index contributed by atoms with van der Waals surface area (Å²) in [6.07, 6.45) is 1.37. The molecule has 0 fully saturated rings. The van der Waals surface area contributed by atoms with Gasteiger partial charge in [-0.05, 0) is 7.28 Å². The fraction of sp³-hybridized carbons (Fsp3) is 0.250. The van der Waals surface area contributed by atoms with Gasteiger partial charge < -0.3 is 0 Å². The average Bonchev–Trinajstić information content (AvgIpc) is 1.91. The Morgan fingerprint density at radius 2 is 1.89 bits per heavy atom. The summed E-state index contributed by atoms with van der Waals surface area (Å²) in [5.74, 6) is 0. The first-order valence-corrected chi connectivity index (χ1v) is 3.82. The quantitative estimate of drug-likeness (QED) is 0.507. The molecule has 0 N–H and O–H groups in total. The standard InChI is InChI=1S/C8H12B/c1-2-9-8-6-4-3-5-7-8/h3-7H,2,9H2,1H3/q-1. The lowest BCUT2D eigenvalue weighted by atomic mass is 9.68. The fourth-order valence-corrected chi connectivity index (χ4v) is 1.18. The number of rotatable bonds is 2. The normalized spacial score (nSPS) is 9.44. The van der Waals surface area contributed by atoms with Gasteiger partial charge in [-0.25, -0.2) is 5.46 Å². The van der Waals surface area contributed by atoms with E-state index in [-0.39, 0.29) is 7.28 Å². The molecule has 1 aromatic carbocycles. The van der Waals surface area contributed by atoms with E-state index in [0.717, 1.165) is 0 Å². The van der Waals surface area contributed by atoms with Crippen molar-refractivity contribution in [3.8, 4) is 0 Å². The number of benzene rings is 1. The van der Waals surface area contributed by atoms with E-state index in [1.165, 1.54) is 6.32 Å². The van der Waals surface area contributed by atoms with Crippen molar-refractivity contribution in [2.24, 2.45) is 0 Å². The molecule has 1 aromatic rings. The molecule has 0 atom stereocenters. The van der Waals surface area contributed by atoms with E-state index >= 15 is 0 Å². The highest BCUT2D eigenvalue weighted by atomic mass is 13.8. The van der Waals surface area contributed by atoms with Gasteiger partial charge in [-0.2, -0.15) is 6.32 Å². The molecular formula is C8H12B-. The van der Waals surface area contributed by atoms with E-state index < -0.39 is 0 Å². The zero-order chi connectivity index (χ0) is 6.53. The lowest BCUT2D eigenvalue weighted by Gasteiger charge is -2.00. The van der Waals surface area contributed by atoms with Crippen LogP contribution in [0.5, 0.6) is 0 Å². The molecule has 0 amide bonds. The highest BCUT2D eigenvalue weighted by molar-refractivity contribution is 6.53. The summed E-state index contributed by atoms with van der Waals surface area (Å²) in [4.78, 5) is 0. The van der Waals surface area contributed by atoms with Crippen molar-refractivity contribution in [3.05, 3.63) is 30.3 Å². The van der Waals surface area contributed by atoms with Crippen LogP contribution in [0.3, 0.4) is 0 Å². The van der Waals surface area contributed by atoms with Gasteiger partial charge in [0.25, 0.3) is 0 Å². The highest BCUT2D eigenvalue weighted by Gasteiger charge is 1.78. The highest BCUT2D eigenvalue weighted by Crippen LogP contribution is 1.82. The second kappa shape index (κ2) is 3.34. The van der Waals surface area contributed by atoms with Gasteiger partial charge in [-0.1, -0.05) is 37.3 Å². The Hall–Kier alpha value is -0.715. The third-order valence-electron chi connectivity index (χ3n) is 1.70. The molecule has 0 bridgehead atoms. The van der Waals surface area contributed by atoms with Crippen molar-refractivity contribution in [1.82, 2.24) is 0 Å². The number of hydrogen-bond donors (Lipinski definition) is 0. The minimum Gasteiger partial charge on any atom is -0.217 e. The number of hydrogen-bond acceptors (Lipinski definition) is 0. The van der Waals surface area contributed by atoms with Gasteiger partial charge in [0.1, 0.15) is 0 Å². The van der Waals surface area contributed by atoms with Crippen molar-refractivity contribution in [2.45, 2.75) is 13.2 Å². The lowest BCUT2D eigenvalue weighted by Crippen LogP contribution is -2.10. The van der Waals surface area contributed by atoms with Crippen LogP contribution in [0, 0.1) is 0 Å². The molecule has 48 valence electrons. The Kier molecular flexibility index (Phi) is 2.38. The predicted molar refractivity (Wildman–Crippen MR) is 45.1 cm³/mol. The second-order valence-corrected chi connectivity index (χ2v) is 2.72. The molecule has 0 aromatic heterocycles. The van der Waals surface area contributed by atoms with Crippen LogP contribution in [0.4, 0.5) is 0 Å². The molecule has 1 rings (SSSR count). The van der Waals surface area contributed by atoms with Crippen molar-refractivity contribution in [2.75, 3.05) is 0 Å². The Labute approximate surface area is 57.1 Å². The van der Waals surface area contributed by atoms with E-state index in [2.05, 4.69) is 37.3 Å². The summed E-state index contributed by atoms with van der Waals surface area (Å²) < 4.78 is 0. The Bertz CT molecular complexity index is 157. The molecule has 0 saturated carbocycles. The summed E-state index contributed by atoms with van der Waals surface area (Å²) in [6.45, 7) is 2.26. The van der Waals surface area contributed by atoms with Gasteiger partial charge in [-0.3, -0.25) is 0 Å². The van der Waals surface area contributed by atoms with Crippen LogP contribution < -0.4 is 5.46 Å².